The van der Waals surface area contributed by atoms with Crippen LogP contribution in [0.4, 0.5) is 0 Å². The number of nitrogens with zero attached hydrogens (tertiary/aromatic N) is 2. The van der Waals surface area contributed by atoms with E-state index >= 15 is 0 Å². The Morgan fingerprint density at radius 1 is 1.35 bits per heavy atom. The Kier molecular flexibility index (Phi) is 6.04. The first kappa shape index (κ1) is 17.8. The molecule has 1 N–H and O–H groups in total. The molecule has 0 aliphatic carbocycles. The minimum Gasteiger partial charge on any atom is -0.492 e. The van der Waals surface area contributed by atoms with Crippen LogP contribution in [0.25, 0.3) is 0 Å². The maximum atomic E-state index is 12.4. The lowest BCUT2D eigenvalue weighted by atomic mass is 10.3. The van der Waals surface area contributed by atoms with Gasteiger partial charge >= 0.3 is 0 Å². The third kappa shape index (κ3) is 4.46. The quantitative estimate of drug-likeness (QED) is 0.737. The van der Waals surface area contributed by atoms with E-state index in [1.54, 1.807) is 12.1 Å². The number of ether oxygens (including phenoxy) is 1. The fourth-order valence-electron chi connectivity index (χ4n) is 1.97. The number of benzene rings is 1. The van der Waals surface area contributed by atoms with Gasteiger partial charge in [0.25, 0.3) is 10.0 Å². The molecule has 0 fully saturated rings. The fraction of sp³-hybridized carbons (Fsp3) is 0.400. The van der Waals surface area contributed by atoms with Gasteiger partial charge in [-0.3, -0.25) is 0 Å². The summed E-state index contributed by atoms with van der Waals surface area (Å²) in [7, 11) is -2.01. The number of hydrogen-bond donors (Lipinski definition) is 1. The van der Waals surface area contributed by atoms with Crippen LogP contribution in [0.1, 0.15) is 19.2 Å². The first-order chi connectivity index (χ1) is 10.9. The van der Waals surface area contributed by atoms with Crippen LogP contribution in [0.15, 0.2) is 35.5 Å². The van der Waals surface area contributed by atoms with Gasteiger partial charge in [0.05, 0.1) is 17.8 Å². The molecule has 23 heavy (non-hydrogen) atoms. The number of nitrogens with one attached hydrogen (secondary N) is 1. The zero-order chi connectivity index (χ0) is 16.9. The number of sulfonamides is 1. The van der Waals surface area contributed by atoms with Gasteiger partial charge in [0.1, 0.15) is 11.6 Å². The first-order valence-electron chi connectivity index (χ1n) is 7.32. The Labute approximate surface area is 141 Å². The van der Waals surface area contributed by atoms with Crippen LogP contribution in [0.3, 0.4) is 0 Å². The lowest BCUT2D eigenvalue weighted by molar-refractivity contribution is 0.296. The molecule has 0 bridgehead atoms. The van der Waals surface area contributed by atoms with E-state index in [-0.39, 0.29) is 5.03 Å². The third-order valence-electron chi connectivity index (χ3n) is 3.34. The number of halogens is 1. The van der Waals surface area contributed by atoms with E-state index in [1.165, 1.54) is 17.5 Å². The van der Waals surface area contributed by atoms with Gasteiger partial charge in [0.15, 0.2) is 5.03 Å². The smallest absolute Gasteiger partial charge is 0.259 e. The van der Waals surface area contributed by atoms with Crippen molar-refractivity contribution in [3.05, 3.63) is 41.3 Å². The molecule has 0 aliphatic rings. The minimum absolute atomic E-state index is 0.115. The largest absolute Gasteiger partial charge is 0.492 e. The predicted molar refractivity (Wildman–Crippen MR) is 89.3 cm³/mol. The Hall–Kier alpha value is -1.57. The number of aromatic amines is 1. The molecule has 0 amide bonds. The normalized spacial score (nSPS) is 11.8. The summed E-state index contributed by atoms with van der Waals surface area (Å²) in [6, 6.07) is 7.18. The summed E-state index contributed by atoms with van der Waals surface area (Å²) in [4.78, 5) is 6.85. The number of H-pyrrole nitrogens is 1. The van der Waals surface area contributed by atoms with Crippen LogP contribution in [-0.4, -0.2) is 42.9 Å². The summed E-state index contributed by atoms with van der Waals surface area (Å²) >= 11 is 5.99. The zero-order valence-corrected chi connectivity index (χ0v) is 14.7. The Bertz CT molecular complexity index is 746. The topological polar surface area (TPSA) is 75.3 Å². The second kappa shape index (κ2) is 7.81. The summed E-state index contributed by atoms with van der Waals surface area (Å²) in [5.41, 5.74) is 0. The summed E-state index contributed by atoms with van der Waals surface area (Å²) in [5, 5.41) is 0.655. The summed E-state index contributed by atoms with van der Waals surface area (Å²) in [5.74, 6) is 1.25. The molecule has 0 aliphatic heterocycles. The maximum Gasteiger partial charge on any atom is 0.259 e. The van der Waals surface area contributed by atoms with Crippen molar-refractivity contribution < 1.29 is 13.2 Å². The number of rotatable bonds is 8. The molecule has 0 unspecified atom stereocenters. The average Bonchev–Trinajstić information content (AvgIpc) is 3.02. The van der Waals surface area contributed by atoms with Gasteiger partial charge < -0.3 is 9.72 Å². The van der Waals surface area contributed by atoms with Crippen LogP contribution >= 0.6 is 11.6 Å². The second-order valence-electron chi connectivity index (χ2n) is 5.01. The van der Waals surface area contributed by atoms with Crippen LogP contribution in [0.2, 0.25) is 5.02 Å². The molecule has 6 nitrogen and oxygen atoms in total. The first-order valence-corrected chi connectivity index (χ1v) is 9.14. The van der Waals surface area contributed by atoms with E-state index in [0.717, 1.165) is 0 Å². The molecule has 0 radical (unpaired) electrons. The van der Waals surface area contributed by atoms with Gasteiger partial charge in [-0.15, -0.1) is 0 Å². The molecule has 8 heteroatoms. The Morgan fingerprint density at radius 3 is 2.74 bits per heavy atom. The van der Waals surface area contributed by atoms with Crippen molar-refractivity contribution in [2.75, 3.05) is 20.2 Å². The van der Waals surface area contributed by atoms with Crippen LogP contribution in [0.5, 0.6) is 5.75 Å². The highest BCUT2D eigenvalue weighted by Gasteiger charge is 2.22. The summed E-state index contributed by atoms with van der Waals surface area (Å²) in [6.07, 6.45) is 2.56. The molecule has 0 spiro atoms. The SMILES string of the molecule is CCc1ncc(S(=O)(=O)N(C)CCCOc2ccccc2Cl)[nH]1. The minimum atomic E-state index is -3.55. The maximum absolute atomic E-state index is 12.4. The van der Waals surface area contributed by atoms with Gasteiger partial charge in [0, 0.05) is 20.0 Å². The number of aromatic nitrogens is 2. The molecule has 0 saturated carbocycles. The summed E-state index contributed by atoms with van der Waals surface area (Å²) in [6.45, 7) is 2.63. The van der Waals surface area contributed by atoms with Crippen molar-refractivity contribution in [3.63, 3.8) is 0 Å². The number of hydrogen-bond acceptors (Lipinski definition) is 4. The standard InChI is InChI=1S/C15H20ClN3O3S/c1-3-14-17-11-15(18-14)23(20,21)19(2)9-6-10-22-13-8-5-4-7-12(13)16/h4-5,7-8,11H,3,6,9-10H2,1-2H3,(H,17,18). The second-order valence-corrected chi connectivity index (χ2v) is 7.43. The van der Waals surface area contributed by atoms with Gasteiger partial charge in [-0.05, 0) is 18.6 Å². The molecule has 1 heterocycles. The molecule has 0 atom stereocenters. The zero-order valence-electron chi connectivity index (χ0n) is 13.1. The van der Waals surface area contributed by atoms with Crippen molar-refractivity contribution >= 4 is 21.6 Å². The monoisotopic (exact) mass is 357 g/mol. The van der Waals surface area contributed by atoms with Crippen molar-refractivity contribution in [3.8, 4) is 5.75 Å². The lowest BCUT2D eigenvalue weighted by Crippen LogP contribution is -2.29. The van der Waals surface area contributed by atoms with E-state index in [4.69, 9.17) is 16.3 Å². The highest BCUT2D eigenvalue weighted by atomic mass is 35.5. The van der Waals surface area contributed by atoms with Crippen molar-refractivity contribution in [1.29, 1.82) is 0 Å². The van der Waals surface area contributed by atoms with Gasteiger partial charge in [-0.1, -0.05) is 30.7 Å². The van der Waals surface area contributed by atoms with Gasteiger partial charge in [-0.2, -0.15) is 4.31 Å². The molecular weight excluding hydrogens is 338 g/mol. The van der Waals surface area contributed by atoms with E-state index in [1.807, 2.05) is 19.1 Å². The third-order valence-corrected chi connectivity index (χ3v) is 5.42. The van der Waals surface area contributed by atoms with Crippen LogP contribution in [-0.2, 0) is 16.4 Å². The highest BCUT2D eigenvalue weighted by molar-refractivity contribution is 7.89. The number of aryl methyl sites for hydroxylation is 1. The van der Waals surface area contributed by atoms with Gasteiger partial charge in [0.2, 0.25) is 0 Å². The van der Waals surface area contributed by atoms with Gasteiger partial charge in [-0.25, -0.2) is 13.4 Å². The fourth-order valence-corrected chi connectivity index (χ4v) is 3.30. The van der Waals surface area contributed by atoms with E-state index in [9.17, 15) is 8.42 Å². The molecule has 2 aromatic rings. The number of para-hydroxylation sites is 1. The summed E-state index contributed by atoms with van der Waals surface area (Å²) < 4.78 is 31.6. The highest BCUT2D eigenvalue weighted by Crippen LogP contribution is 2.23. The lowest BCUT2D eigenvalue weighted by Gasteiger charge is -2.16. The van der Waals surface area contributed by atoms with Crippen molar-refractivity contribution in [1.82, 2.24) is 14.3 Å². The molecule has 126 valence electrons. The average molecular weight is 358 g/mol. The molecule has 0 saturated heterocycles. The van der Waals surface area contributed by atoms with E-state index in [2.05, 4.69) is 9.97 Å². The van der Waals surface area contributed by atoms with Crippen LogP contribution < -0.4 is 4.74 Å². The van der Waals surface area contributed by atoms with E-state index in [0.29, 0.717) is 42.6 Å². The Balaban J connectivity index is 1.86. The molecule has 2 rings (SSSR count). The Morgan fingerprint density at radius 2 is 2.09 bits per heavy atom. The molecule has 1 aromatic carbocycles. The molecule has 1 aromatic heterocycles. The number of imidazole rings is 1. The van der Waals surface area contributed by atoms with Crippen molar-refractivity contribution in [2.45, 2.75) is 24.8 Å². The predicted octanol–water partition coefficient (Wildman–Crippen LogP) is 2.72. The molecular formula is C15H20ClN3O3S. The van der Waals surface area contributed by atoms with E-state index < -0.39 is 10.0 Å². The van der Waals surface area contributed by atoms with Crippen molar-refractivity contribution in [2.24, 2.45) is 0 Å². The van der Waals surface area contributed by atoms with Crippen LogP contribution in [0, 0.1) is 0 Å².